The van der Waals surface area contributed by atoms with Gasteiger partial charge in [0.15, 0.2) is 0 Å². The molecule has 0 saturated heterocycles. The van der Waals surface area contributed by atoms with Gasteiger partial charge < -0.3 is 9.64 Å². The van der Waals surface area contributed by atoms with E-state index < -0.39 is 10.0 Å². The molecule has 1 aliphatic carbocycles. The molecule has 0 bridgehead atoms. The molecule has 5 nitrogen and oxygen atoms in total. The van der Waals surface area contributed by atoms with Crippen LogP contribution < -0.4 is 0 Å². The molecular weight excluding hydrogens is 536 g/mol. The van der Waals surface area contributed by atoms with Crippen molar-refractivity contribution < 1.29 is 13.2 Å². The molecule has 0 aliphatic heterocycles. The maximum Gasteiger partial charge on any atom is 0.243 e. The van der Waals surface area contributed by atoms with Crippen molar-refractivity contribution in [2.45, 2.75) is 121 Å². The third kappa shape index (κ3) is 11.5. The van der Waals surface area contributed by atoms with Gasteiger partial charge >= 0.3 is 0 Å². The van der Waals surface area contributed by atoms with Gasteiger partial charge in [-0.1, -0.05) is 68.3 Å². The maximum atomic E-state index is 13.0. The lowest BCUT2D eigenvalue weighted by Crippen LogP contribution is -2.40. The van der Waals surface area contributed by atoms with Crippen LogP contribution in [0, 0.1) is 0 Å². The predicted molar refractivity (Wildman–Crippen MR) is 155 cm³/mol. The van der Waals surface area contributed by atoms with Gasteiger partial charge in [-0.2, -0.15) is 4.31 Å². The number of hydrogen-bond acceptors (Lipinski definition) is 4. The lowest BCUT2D eigenvalue weighted by molar-refractivity contribution is 0.0156. The lowest BCUT2D eigenvalue weighted by atomic mass is 9.93. The van der Waals surface area contributed by atoms with Gasteiger partial charge in [-0.3, -0.25) is 0 Å². The van der Waals surface area contributed by atoms with Crippen LogP contribution in [-0.2, 0) is 14.8 Å². The van der Waals surface area contributed by atoms with Gasteiger partial charge in [0.05, 0.1) is 11.0 Å². The average molecular weight is 588 g/mol. The van der Waals surface area contributed by atoms with Crippen LogP contribution in [0.1, 0.15) is 104 Å². The van der Waals surface area contributed by atoms with Crippen LogP contribution in [-0.4, -0.2) is 63.1 Å². The second kappa shape index (κ2) is 17.9. The summed E-state index contributed by atoms with van der Waals surface area (Å²) in [7, 11) is -1.73. The molecular formula is C29H51BrN2O3S. The molecule has 0 atom stereocenters. The highest BCUT2D eigenvalue weighted by molar-refractivity contribution is 9.10. The number of sulfonamides is 1. The Morgan fingerprint density at radius 1 is 0.806 bits per heavy atom. The zero-order valence-corrected chi connectivity index (χ0v) is 25.5. The first kappa shape index (κ1) is 31.7. The van der Waals surface area contributed by atoms with Crippen molar-refractivity contribution in [2.24, 2.45) is 0 Å². The first-order valence-electron chi connectivity index (χ1n) is 14.5. The Kier molecular flexibility index (Phi) is 15.8. The number of halogens is 1. The highest BCUT2D eigenvalue weighted by Gasteiger charge is 2.31. The van der Waals surface area contributed by atoms with E-state index in [0.29, 0.717) is 4.90 Å². The summed E-state index contributed by atoms with van der Waals surface area (Å²) >= 11 is 3.37. The number of ether oxygens (including phenoxy) is 1. The van der Waals surface area contributed by atoms with Crippen molar-refractivity contribution >= 4 is 26.0 Å². The first-order valence-corrected chi connectivity index (χ1v) is 16.7. The zero-order valence-electron chi connectivity index (χ0n) is 23.1. The third-order valence-corrected chi connectivity index (χ3v) is 9.98. The van der Waals surface area contributed by atoms with E-state index in [1.54, 1.807) is 35.6 Å². The van der Waals surface area contributed by atoms with E-state index in [1.807, 2.05) is 0 Å². The van der Waals surface area contributed by atoms with E-state index in [-0.39, 0.29) is 12.1 Å². The van der Waals surface area contributed by atoms with E-state index in [1.165, 1.54) is 77.4 Å². The average Bonchev–Trinajstić information content (AvgIpc) is 2.88. The van der Waals surface area contributed by atoms with Gasteiger partial charge in [0, 0.05) is 24.2 Å². The number of hydrogen-bond donors (Lipinski definition) is 0. The summed E-state index contributed by atoms with van der Waals surface area (Å²) in [6.45, 7) is 9.17. The molecule has 0 N–H and O–H groups in total. The SMILES string of the molecule is CCCCCN(CCCCC)CCCCCCO[C@H]1CC[C@H](N(C)S(=O)(=O)c2ccc(Br)cc2)CC1. The fourth-order valence-electron chi connectivity index (χ4n) is 5.09. The predicted octanol–water partition coefficient (Wildman–Crippen LogP) is 7.64. The molecule has 0 aromatic heterocycles. The van der Waals surface area contributed by atoms with Crippen LogP contribution in [0.2, 0.25) is 0 Å². The van der Waals surface area contributed by atoms with Crippen LogP contribution in [0.5, 0.6) is 0 Å². The molecule has 0 heterocycles. The van der Waals surface area contributed by atoms with E-state index in [4.69, 9.17) is 4.74 Å². The highest BCUT2D eigenvalue weighted by atomic mass is 79.9. The summed E-state index contributed by atoms with van der Waals surface area (Å²) < 4.78 is 34.6. The van der Waals surface area contributed by atoms with Gasteiger partial charge in [0.1, 0.15) is 0 Å². The quantitative estimate of drug-likeness (QED) is 0.156. The highest BCUT2D eigenvalue weighted by Crippen LogP contribution is 2.28. The molecule has 36 heavy (non-hydrogen) atoms. The van der Waals surface area contributed by atoms with Crippen molar-refractivity contribution in [3.63, 3.8) is 0 Å². The minimum atomic E-state index is -3.45. The van der Waals surface area contributed by atoms with Crippen LogP contribution in [0.4, 0.5) is 0 Å². The van der Waals surface area contributed by atoms with Crippen LogP contribution in [0.15, 0.2) is 33.6 Å². The van der Waals surface area contributed by atoms with Gasteiger partial charge in [0.25, 0.3) is 0 Å². The Hall–Kier alpha value is -0.470. The Labute approximate surface area is 230 Å². The minimum Gasteiger partial charge on any atom is -0.378 e. The van der Waals surface area contributed by atoms with E-state index in [9.17, 15) is 8.42 Å². The number of nitrogens with zero attached hydrogens (tertiary/aromatic N) is 2. The molecule has 7 heteroatoms. The summed E-state index contributed by atoms with van der Waals surface area (Å²) in [6, 6.07) is 6.95. The largest absolute Gasteiger partial charge is 0.378 e. The Morgan fingerprint density at radius 2 is 1.33 bits per heavy atom. The van der Waals surface area contributed by atoms with Crippen molar-refractivity contribution in [3.05, 3.63) is 28.7 Å². The van der Waals surface area contributed by atoms with E-state index >= 15 is 0 Å². The molecule has 1 saturated carbocycles. The molecule has 0 amide bonds. The van der Waals surface area contributed by atoms with Gasteiger partial charge in [0.2, 0.25) is 10.0 Å². The van der Waals surface area contributed by atoms with Gasteiger partial charge in [-0.05, 0) is 95.3 Å². The van der Waals surface area contributed by atoms with E-state index in [0.717, 1.165) is 43.2 Å². The van der Waals surface area contributed by atoms with Crippen LogP contribution in [0.25, 0.3) is 0 Å². The minimum absolute atomic E-state index is 0.0519. The standard InChI is InChI=1S/C29H51BrN2O3S/c1-4-6-10-22-32(23-11-7-5-2)24-12-8-9-13-25-35-28-18-16-27(17-19-28)31(3)36(33,34)29-20-14-26(30)15-21-29/h14-15,20-21,27-28H,4-13,16-19,22-25H2,1-3H3/t27-,28-. The molecule has 0 radical (unpaired) electrons. The maximum absolute atomic E-state index is 13.0. The summed E-state index contributed by atoms with van der Waals surface area (Å²) in [5, 5.41) is 0. The fourth-order valence-corrected chi connectivity index (χ4v) is 6.77. The zero-order chi connectivity index (χ0) is 26.2. The normalized spacial score (nSPS) is 18.8. The van der Waals surface area contributed by atoms with Crippen LogP contribution >= 0.6 is 15.9 Å². The molecule has 1 aromatic rings. The summed E-state index contributed by atoms with van der Waals surface area (Å²) in [5.41, 5.74) is 0. The first-order chi connectivity index (χ1) is 17.4. The topological polar surface area (TPSA) is 49.9 Å². The Bertz CT molecular complexity index is 785. The number of unbranched alkanes of at least 4 members (excludes halogenated alkanes) is 7. The summed E-state index contributed by atoms with van der Waals surface area (Å²) in [6.07, 6.45) is 16.8. The van der Waals surface area contributed by atoms with Crippen molar-refractivity contribution in [3.8, 4) is 0 Å². The van der Waals surface area contributed by atoms with Gasteiger partial charge in [-0.15, -0.1) is 0 Å². The molecule has 1 fully saturated rings. The molecule has 0 unspecified atom stereocenters. The van der Waals surface area contributed by atoms with Crippen molar-refractivity contribution in [1.82, 2.24) is 9.21 Å². The fraction of sp³-hybridized carbons (Fsp3) is 0.793. The Balaban J connectivity index is 1.59. The third-order valence-electron chi connectivity index (χ3n) is 7.53. The Morgan fingerprint density at radius 3 is 1.89 bits per heavy atom. The number of rotatable bonds is 19. The van der Waals surface area contributed by atoms with E-state index in [2.05, 4.69) is 34.7 Å². The monoisotopic (exact) mass is 586 g/mol. The van der Waals surface area contributed by atoms with Crippen molar-refractivity contribution in [1.29, 1.82) is 0 Å². The van der Waals surface area contributed by atoms with Crippen LogP contribution in [0.3, 0.4) is 0 Å². The summed E-state index contributed by atoms with van der Waals surface area (Å²) in [5.74, 6) is 0. The molecule has 1 aliphatic rings. The van der Waals surface area contributed by atoms with Gasteiger partial charge in [-0.25, -0.2) is 8.42 Å². The summed E-state index contributed by atoms with van der Waals surface area (Å²) in [4.78, 5) is 3.05. The molecule has 0 spiro atoms. The second-order valence-electron chi connectivity index (χ2n) is 10.4. The molecule has 208 valence electrons. The molecule has 1 aromatic carbocycles. The van der Waals surface area contributed by atoms with Crippen molar-refractivity contribution in [2.75, 3.05) is 33.3 Å². The number of benzene rings is 1. The smallest absolute Gasteiger partial charge is 0.243 e. The lowest BCUT2D eigenvalue weighted by Gasteiger charge is -2.34. The second-order valence-corrected chi connectivity index (χ2v) is 13.4. The molecule has 2 rings (SSSR count).